The van der Waals surface area contributed by atoms with E-state index >= 15 is 0 Å². The highest BCUT2D eigenvalue weighted by molar-refractivity contribution is 7.89. The number of fused-ring (bicyclic) bond motifs is 1. The maximum Gasteiger partial charge on any atom is 0.242 e. The molecule has 1 saturated heterocycles. The maximum atomic E-state index is 12.7. The lowest BCUT2D eigenvalue weighted by Gasteiger charge is -2.35. The lowest BCUT2D eigenvalue weighted by molar-refractivity contribution is 0.249. The molecule has 0 radical (unpaired) electrons. The molecule has 9 nitrogen and oxygen atoms in total. The zero-order valence-corrected chi connectivity index (χ0v) is 20.6. The average molecular weight is 494 g/mol. The molecule has 1 unspecified atom stereocenters. The first-order valence-electron chi connectivity index (χ1n) is 11.8. The average Bonchev–Trinajstić information content (AvgIpc) is 2.85. The number of nitrogens with zero attached hydrogens (tertiary/aromatic N) is 3. The van der Waals surface area contributed by atoms with Gasteiger partial charge in [-0.1, -0.05) is 6.07 Å². The second-order valence-electron chi connectivity index (χ2n) is 9.10. The van der Waals surface area contributed by atoms with Gasteiger partial charge in [0.15, 0.2) is 0 Å². The smallest absolute Gasteiger partial charge is 0.242 e. The van der Waals surface area contributed by atoms with Crippen molar-refractivity contribution in [1.29, 1.82) is 0 Å². The number of benzene rings is 2. The predicted molar refractivity (Wildman–Crippen MR) is 140 cm³/mol. The van der Waals surface area contributed by atoms with Gasteiger partial charge in [-0.2, -0.15) is 4.72 Å². The summed E-state index contributed by atoms with van der Waals surface area (Å²) < 4.78 is 28.1. The number of pyridine rings is 1. The quantitative estimate of drug-likeness (QED) is 0.387. The van der Waals surface area contributed by atoms with Crippen molar-refractivity contribution in [2.75, 3.05) is 54.0 Å². The molecule has 10 heteroatoms. The molecule has 5 N–H and O–H groups in total. The first-order chi connectivity index (χ1) is 16.9. The summed E-state index contributed by atoms with van der Waals surface area (Å²) in [6.07, 6.45) is 1.41. The number of hydrogen-bond donors (Lipinski definition) is 4. The zero-order chi connectivity index (χ0) is 24.4. The predicted octanol–water partition coefficient (Wildman–Crippen LogP) is 2.44. The van der Waals surface area contributed by atoms with Crippen LogP contribution in [0.1, 0.15) is 11.1 Å². The fraction of sp³-hybridized carbons (Fsp3) is 0.320. The minimum absolute atomic E-state index is 0.188. The van der Waals surface area contributed by atoms with Gasteiger partial charge in [-0.15, -0.1) is 0 Å². The Morgan fingerprint density at radius 1 is 1.03 bits per heavy atom. The van der Waals surface area contributed by atoms with E-state index in [1.165, 1.54) is 23.3 Å². The van der Waals surface area contributed by atoms with Crippen LogP contribution in [0.5, 0.6) is 0 Å². The standard InChI is InChI=1S/C25H31N7O2S/c1-18-8-9-27-25(14-18)32-12-10-31(11-13-32)17-19-2-7-22-23(15-19)28-16-24(29-22)30-35(33,34)21-5-3-20(26)4-6-21/h2-9,14-15,24,28-30H,10-13,16-17,26H2,1H3. The Bertz CT molecular complexity index is 1290. The molecule has 0 saturated carbocycles. The Hall–Kier alpha value is -3.34. The summed E-state index contributed by atoms with van der Waals surface area (Å²) in [4.78, 5) is 9.49. The van der Waals surface area contributed by atoms with Gasteiger partial charge in [0.25, 0.3) is 0 Å². The van der Waals surface area contributed by atoms with Gasteiger partial charge < -0.3 is 21.3 Å². The van der Waals surface area contributed by atoms with Crippen molar-refractivity contribution in [2.24, 2.45) is 0 Å². The number of rotatable bonds is 6. The van der Waals surface area contributed by atoms with E-state index in [1.54, 1.807) is 12.1 Å². The first-order valence-corrected chi connectivity index (χ1v) is 13.3. The molecule has 184 valence electrons. The number of sulfonamides is 1. The van der Waals surface area contributed by atoms with Crippen LogP contribution in [0.3, 0.4) is 0 Å². The molecule has 1 aromatic heterocycles. The van der Waals surface area contributed by atoms with Crippen molar-refractivity contribution in [2.45, 2.75) is 24.5 Å². The number of anilines is 4. The van der Waals surface area contributed by atoms with Gasteiger partial charge >= 0.3 is 0 Å². The molecule has 0 bridgehead atoms. The number of aromatic nitrogens is 1. The second kappa shape index (κ2) is 9.73. The van der Waals surface area contributed by atoms with Crippen LogP contribution >= 0.6 is 0 Å². The van der Waals surface area contributed by atoms with Crippen molar-refractivity contribution in [1.82, 2.24) is 14.6 Å². The van der Waals surface area contributed by atoms with Gasteiger partial charge in [0.1, 0.15) is 12.0 Å². The van der Waals surface area contributed by atoms with Gasteiger partial charge in [-0.3, -0.25) is 4.90 Å². The molecule has 0 amide bonds. The fourth-order valence-corrected chi connectivity index (χ4v) is 5.62. The van der Waals surface area contributed by atoms with Crippen LogP contribution in [0.2, 0.25) is 0 Å². The largest absolute Gasteiger partial charge is 0.399 e. The van der Waals surface area contributed by atoms with Gasteiger partial charge in [-0.05, 0) is 66.6 Å². The lowest BCUT2D eigenvalue weighted by Crippen LogP contribution is -2.47. The number of nitrogen functional groups attached to an aromatic ring is 1. The SMILES string of the molecule is Cc1ccnc(N2CCN(Cc3ccc4c(c3)NCC(NS(=O)(=O)c3ccc(N)cc3)N4)CC2)c1. The number of nitrogens with one attached hydrogen (secondary N) is 3. The van der Waals surface area contributed by atoms with Gasteiger partial charge in [0.2, 0.25) is 10.0 Å². The summed E-state index contributed by atoms with van der Waals surface area (Å²) >= 11 is 0. The third kappa shape index (κ3) is 5.50. The molecular formula is C25H31N7O2S. The Morgan fingerprint density at radius 3 is 2.54 bits per heavy atom. The molecule has 1 atom stereocenters. The van der Waals surface area contributed by atoms with E-state index in [1.807, 2.05) is 18.3 Å². The van der Waals surface area contributed by atoms with Crippen LogP contribution < -0.4 is 26.0 Å². The molecule has 5 rings (SSSR count). The normalized spacial score (nSPS) is 18.4. The van der Waals surface area contributed by atoms with Gasteiger partial charge in [-0.25, -0.2) is 13.4 Å². The molecule has 2 aliphatic heterocycles. The zero-order valence-electron chi connectivity index (χ0n) is 19.7. The van der Waals surface area contributed by atoms with Crippen LogP contribution in [0, 0.1) is 6.92 Å². The Balaban J connectivity index is 1.17. The molecule has 3 aromatic rings. The molecular weight excluding hydrogens is 462 g/mol. The Labute approximate surface area is 206 Å². The maximum absolute atomic E-state index is 12.7. The number of piperazine rings is 1. The van der Waals surface area contributed by atoms with Crippen LogP contribution in [0.4, 0.5) is 22.9 Å². The molecule has 0 spiro atoms. The third-order valence-corrected chi connectivity index (χ3v) is 7.89. The van der Waals surface area contributed by atoms with Crippen molar-refractivity contribution >= 4 is 32.9 Å². The van der Waals surface area contributed by atoms with E-state index in [0.717, 1.165) is 49.9 Å². The highest BCUT2D eigenvalue weighted by atomic mass is 32.2. The minimum Gasteiger partial charge on any atom is -0.399 e. The third-order valence-electron chi connectivity index (χ3n) is 6.40. The van der Waals surface area contributed by atoms with Gasteiger partial charge in [0.05, 0.1) is 16.3 Å². The second-order valence-corrected chi connectivity index (χ2v) is 10.8. The van der Waals surface area contributed by atoms with Crippen molar-refractivity contribution in [3.63, 3.8) is 0 Å². The molecule has 2 aromatic carbocycles. The molecule has 1 fully saturated rings. The highest BCUT2D eigenvalue weighted by Crippen LogP contribution is 2.28. The summed E-state index contributed by atoms with van der Waals surface area (Å²) in [5.41, 5.74) is 10.5. The summed E-state index contributed by atoms with van der Waals surface area (Å²) in [6.45, 7) is 7.27. The molecule has 3 heterocycles. The number of hydrogen-bond acceptors (Lipinski definition) is 8. The Morgan fingerprint density at radius 2 is 1.80 bits per heavy atom. The summed E-state index contributed by atoms with van der Waals surface area (Å²) in [7, 11) is -3.66. The lowest BCUT2D eigenvalue weighted by atomic mass is 10.1. The topological polar surface area (TPSA) is 116 Å². The summed E-state index contributed by atoms with van der Waals surface area (Å²) in [5, 5.41) is 6.65. The van der Waals surface area contributed by atoms with E-state index < -0.39 is 16.2 Å². The van der Waals surface area contributed by atoms with E-state index in [-0.39, 0.29) is 4.90 Å². The van der Waals surface area contributed by atoms with Crippen LogP contribution in [0.25, 0.3) is 0 Å². The van der Waals surface area contributed by atoms with Crippen LogP contribution in [0.15, 0.2) is 65.7 Å². The first kappa shape index (κ1) is 23.4. The molecule has 35 heavy (non-hydrogen) atoms. The summed E-state index contributed by atoms with van der Waals surface area (Å²) in [5.74, 6) is 1.05. The fourth-order valence-electron chi connectivity index (χ4n) is 4.47. The van der Waals surface area contributed by atoms with Crippen LogP contribution in [-0.4, -0.2) is 57.2 Å². The van der Waals surface area contributed by atoms with Gasteiger partial charge in [0, 0.05) is 51.2 Å². The number of aryl methyl sites for hydroxylation is 1. The van der Waals surface area contributed by atoms with Crippen molar-refractivity contribution in [3.8, 4) is 0 Å². The van der Waals surface area contributed by atoms with E-state index in [0.29, 0.717) is 12.2 Å². The van der Waals surface area contributed by atoms with E-state index in [2.05, 4.69) is 55.3 Å². The molecule has 2 aliphatic rings. The van der Waals surface area contributed by atoms with E-state index in [9.17, 15) is 8.42 Å². The minimum atomic E-state index is -3.66. The van der Waals surface area contributed by atoms with Crippen LogP contribution in [-0.2, 0) is 16.6 Å². The monoisotopic (exact) mass is 493 g/mol. The Kier molecular flexibility index (Phi) is 6.50. The summed E-state index contributed by atoms with van der Waals surface area (Å²) in [6, 6.07) is 16.6. The molecule has 0 aliphatic carbocycles. The number of nitrogens with two attached hydrogens (primary N) is 1. The van der Waals surface area contributed by atoms with E-state index in [4.69, 9.17) is 5.73 Å². The van der Waals surface area contributed by atoms with Crippen molar-refractivity contribution < 1.29 is 8.42 Å². The van der Waals surface area contributed by atoms with Crippen molar-refractivity contribution in [3.05, 3.63) is 71.9 Å². The highest BCUT2D eigenvalue weighted by Gasteiger charge is 2.24.